The summed E-state index contributed by atoms with van der Waals surface area (Å²) in [5, 5.41) is 24.5. The van der Waals surface area contributed by atoms with Crippen molar-refractivity contribution in [1.82, 2.24) is 14.1 Å². The number of rotatable bonds is 8. The van der Waals surface area contributed by atoms with Gasteiger partial charge in [-0.2, -0.15) is 5.26 Å². The SMILES string of the molecule is C=CCn1c(=O)/c(=C/c2ccc(Sc3nccn3C)c([N+](=O)[O-])c2)s/c1=C(/C#N)C(=O)Nc1ccccc1F. The monoisotopic (exact) mass is 562 g/mol. The average molecular weight is 563 g/mol. The Labute approximate surface area is 228 Å². The number of anilines is 1. The van der Waals surface area contributed by atoms with E-state index >= 15 is 0 Å². The van der Waals surface area contributed by atoms with Crippen LogP contribution in [0.25, 0.3) is 11.6 Å². The van der Waals surface area contributed by atoms with Crippen molar-refractivity contribution >= 4 is 52.0 Å². The molecule has 1 amide bonds. The van der Waals surface area contributed by atoms with E-state index in [2.05, 4.69) is 16.9 Å². The maximum absolute atomic E-state index is 14.0. The fraction of sp³-hybridized carbons (Fsp3) is 0.0769. The van der Waals surface area contributed by atoms with Gasteiger partial charge in [-0.05, 0) is 41.6 Å². The number of aromatic nitrogens is 3. The summed E-state index contributed by atoms with van der Waals surface area (Å²) in [4.78, 5) is 41.9. The van der Waals surface area contributed by atoms with E-state index in [0.29, 0.717) is 15.6 Å². The molecule has 39 heavy (non-hydrogen) atoms. The number of thiazole rings is 1. The van der Waals surface area contributed by atoms with Gasteiger partial charge in [0.05, 0.1) is 20.0 Å². The van der Waals surface area contributed by atoms with E-state index in [1.165, 1.54) is 41.0 Å². The van der Waals surface area contributed by atoms with E-state index in [0.717, 1.165) is 29.2 Å². The smallest absolute Gasteiger partial charge is 0.283 e. The highest BCUT2D eigenvalue weighted by Crippen LogP contribution is 2.34. The van der Waals surface area contributed by atoms with Crippen LogP contribution in [0.3, 0.4) is 0 Å². The van der Waals surface area contributed by atoms with E-state index in [1.54, 1.807) is 42.2 Å². The van der Waals surface area contributed by atoms with Gasteiger partial charge in [-0.25, -0.2) is 9.37 Å². The van der Waals surface area contributed by atoms with Gasteiger partial charge in [-0.3, -0.25) is 24.3 Å². The molecule has 0 fully saturated rings. The zero-order chi connectivity index (χ0) is 28.1. The first-order chi connectivity index (χ1) is 18.7. The van der Waals surface area contributed by atoms with Crippen molar-refractivity contribution in [2.75, 3.05) is 5.32 Å². The Balaban J connectivity index is 1.82. The number of allylic oxidation sites excluding steroid dienone is 1. The summed E-state index contributed by atoms with van der Waals surface area (Å²) >= 11 is 2.00. The fourth-order valence-electron chi connectivity index (χ4n) is 3.50. The number of halogens is 1. The molecule has 4 rings (SSSR count). The maximum atomic E-state index is 14.0. The van der Waals surface area contributed by atoms with Gasteiger partial charge in [0, 0.05) is 32.1 Å². The molecule has 1 N–H and O–H groups in total. The molecule has 0 atom stereocenters. The van der Waals surface area contributed by atoms with Gasteiger partial charge in [0.15, 0.2) is 10.7 Å². The Morgan fingerprint density at radius 1 is 1.36 bits per heavy atom. The maximum Gasteiger partial charge on any atom is 0.283 e. The third-order valence-electron chi connectivity index (χ3n) is 5.35. The summed E-state index contributed by atoms with van der Waals surface area (Å²) in [6.45, 7) is 3.62. The van der Waals surface area contributed by atoms with Gasteiger partial charge >= 0.3 is 0 Å². The molecule has 0 bridgehead atoms. The van der Waals surface area contributed by atoms with Crippen LogP contribution in [0, 0.1) is 27.3 Å². The summed E-state index contributed by atoms with van der Waals surface area (Å²) in [5.74, 6) is -1.57. The summed E-state index contributed by atoms with van der Waals surface area (Å²) in [7, 11) is 1.77. The Morgan fingerprint density at radius 2 is 2.13 bits per heavy atom. The number of nitriles is 1. The number of benzene rings is 2. The van der Waals surface area contributed by atoms with E-state index in [-0.39, 0.29) is 27.1 Å². The second kappa shape index (κ2) is 11.7. The van der Waals surface area contributed by atoms with Gasteiger partial charge in [-0.1, -0.05) is 24.3 Å². The summed E-state index contributed by atoms with van der Waals surface area (Å²) < 4.78 is 17.1. The molecule has 13 heteroatoms. The number of nitrogens with zero attached hydrogens (tertiary/aromatic N) is 5. The average Bonchev–Trinajstić information content (AvgIpc) is 3.44. The lowest BCUT2D eigenvalue weighted by Gasteiger charge is -2.05. The van der Waals surface area contributed by atoms with Crippen molar-refractivity contribution < 1.29 is 14.1 Å². The van der Waals surface area contributed by atoms with Crippen LogP contribution in [-0.4, -0.2) is 24.9 Å². The van der Waals surface area contributed by atoms with Crippen LogP contribution in [0.1, 0.15) is 5.56 Å². The minimum atomic E-state index is -0.889. The van der Waals surface area contributed by atoms with Crippen LogP contribution in [0.5, 0.6) is 0 Å². The third kappa shape index (κ3) is 5.87. The summed E-state index contributed by atoms with van der Waals surface area (Å²) in [6.07, 6.45) is 6.19. The normalized spacial score (nSPS) is 12.1. The molecule has 0 aliphatic rings. The number of carbonyl (C=O) groups is 1. The predicted octanol–water partition coefficient (Wildman–Crippen LogP) is 3.17. The Kier molecular flexibility index (Phi) is 8.18. The lowest BCUT2D eigenvalue weighted by atomic mass is 10.2. The second-order valence-corrected chi connectivity index (χ2v) is 9.99. The van der Waals surface area contributed by atoms with Crippen molar-refractivity contribution in [1.29, 1.82) is 5.26 Å². The van der Waals surface area contributed by atoms with Gasteiger partial charge in [0.25, 0.3) is 17.2 Å². The molecule has 0 spiro atoms. The van der Waals surface area contributed by atoms with Gasteiger partial charge in [-0.15, -0.1) is 17.9 Å². The highest BCUT2D eigenvalue weighted by Gasteiger charge is 2.19. The van der Waals surface area contributed by atoms with Crippen molar-refractivity contribution in [2.45, 2.75) is 16.6 Å². The molecule has 2 aromatic heterocycles. The highest BCUT2D eigenvalue weighted by atomic mass is 32.2. The molecule has 4 aromatic rings. The molecule has 196 valence electrons. The number of nitrogens with one attached hydrogen (secondary N) is 1. The number of aryl methyl sites for hydroxylation is 1. The minimum absolute atomic E-state index is 0.00391. The van der Waals surface area contributed by atoms with E-state index in [4.69, 9.17) is 0 Å². The highest BCUT2D eigenvalue weighted by molar-refractivity contribution is 7.99. The number of para-hydroxylation sites is 1. The molecule has 2 heterocycles. The molecule has 2 aromatic carbocycles. The van der Waals surface area contributed by atoms with Crippen molar-refractivity contribution in [3.05, 3.63) is 109 Å². The van der Waals surface area contributed by atoms with Crippen molar-refractivity contribution in [3.63, 3.8) is 0 Å². The van der Waals surface area contributed by atoms with Gasteiger partial charge in [0.2, 0.25) is 0 Å². The largest absolute Gasteiger partial charge is 0.329 e. The lowest BCUT2D eigenvalue weighted by molar-refractivity contribution is -0.387. The molecule has 0 saturated carbocycles. The first kappa shape index (κ1) is 27.2. The zero-order valence-corrected chi connectivity index (χ0v) is 22.0. The molecular weight excluding hydrogens is 543 g/mol. The number of carbonyl (C=O) groups excluding carboxylic acids is 1. The lowest BCUT2D eigenvalue weighted by Crippen LogP contribution is -2.33. The van der Waals surface area contributed by atoms with Crippen LogP contribution in [0.2, 0.25) is 0 Å². The van der Waals surface area contributed by atoms with Crippen LogP contribution in [0.4, 0.5) is 15.8 Å². The number of amides is 1. The first-order valence-corrected chi connectivity index (χ1v) is 12.8. The number of hydrogen-bond donors (Lipinski definition) is 1. The second-order valence-electron chi connectivity index (χ2n) is 7.95. The van der Waals surface area contributed by atoms with Crippen LogP contribution >= 0.6 is 23.1 Å². The first-order valence-electron chi connectivity index (χ1n) is 11.2. The molecule has 0 saturated heterocycles. The van der Waals surface area contributed by atoms with E-state index < -0.39 is 27.8 Å². The number of hydrogen-bond acceptors (Lipinski definition) is 8. The number of imidazole rings is 1. The molecule has 0 unspecified atom stereocenters. The summed E-state index contributed by atoms with van der Waals surface area (Å²) in [5.41, 5.74) is -0.832. The Bertz CT molecular complexity index is 1830. The standard InChI is InChI=1S/C26H19FN6O4S2/c1-3-11-32-24(35)22(38-25(32)17(15-28)23(34)30-19-7-5-4-6-18(19)27)14-16-8-9-21(20(13-16)33(36)37)39-26-29-10-12-31(26)2/h3-10,12-14H,1,11H2,2H3,(H,30,34)/b22-14-,25-17-. The van der Waals surface area contributed by atoms with Crippen molar-refractivity contribution in [3.8, 4) is 6.07 Å². The fourth-order valence-corrected chi connectivity index (χ4v) is 5.49. The summed E-state index contributed by atoms with van der Waals surface area (Å²) in [6, 6.07) is 11.8. The quantitative estimate of drug-likeness (QED) is 0.198. The molecule has 10 nitrogen and oxygen atoms in total. The van der Waals surface area contributed by atoms with E-state index in [9.17, 15) is 29.4 Å². The molecular formula is C26H19FN6O4S2. The number of nitro groups is 1. The minimum Gasteiger partial charge on any atom is -0.329 e. The molecule has 0 aliphatic heterocycles. The van der Waals surface area contributed by atoms with Gasteiger partial charge < -0.3 is 9.88 Å². The topological polar surface area (TPSA) is 136 Å². The van der Waals surface area contributed by atoms with Crippen LogP contribution < -0.4 is 20.1 Å². The molecule has 0 aliphatic carbocycles. The van der Waals surface area contributed by atoms with Crippen molar-refractivity contribution in [2.24, 2.45) is 7.05 Å². The van der Waals surface area contributed by atoms with E-state index in [1.807, 2.05) is 0 Å². The Hall–Kier alpha value is -4.80. The zero-order valence-electron chi connectivity index (χ0n) is 20.3. The predicted molar refractivity (Wildman–Crippen MR) is 146 cm³/mol. The number of nitro benzene ring substituents is 1. The van der Waals surface area contributed by atoms with Gasteiger partial charge in [0.1, 0.15) is 16.5 Å². The molecule has 0 radical (unpaired) electrons. The van der Waals surface area contributed by atoms with Crippen LogP contribution in [-0.2, 0) is 18.4 Å². The van der Waals surface area contributed by atoms with Crippen LogP contribution in [0.15, 0.2) is 82.4 Å². The Morgan fingerprint density at radius 3 is 2.77 bits per heavy atom. The third-order valence-corrected chi connectivity index (χ3v) is 7.62.